The fourth-order valence-corrected chi connectivity index (χ4v) is 2.63. The lowest BCUT2D eigenvalue weighted by Gasteiger charge is -2.16. The van der Waals surface area contributed by atoms with Gasteiger partial charge in [0.25, 0.3) is 0 Å². The smallest absolute Gasteiger partial charge is 0.356 e. The maximum atomic E-state index is 10.9. The van der Waals surface area contributed by atoms with Crippen LogP contribution in [0.2, 0.25) is 0 Å². The molecule has 2 aliphatic rings. The lowest BCUT2D eigenvalue weighted by atomic mass is 9.88. The summed E-state index contributed by atoms with van der Waals surface area (Å²) >= 11 is 0. The molecule has 1 heterocycles. The van der Waals surface area contributed by atoms with Crippen molar-refractivity contribution in [1.29, 1.82) is 0 Å². The van der Waals surface area contributed by atoms with Crippen molar-refractivity contribution in [2.75, 3.05) is 0 Å². The number of hydrogen-bond acceptors (Lipinski definition) is 2. The van der Waals surface area contributed by atoms with E-state index in [2.05, 4.69) is 17.1 Å². The molecule has 0 spiro atoms. The van der Waals surface area contributed by atoms with Crippen molar-refractivity contribution < 1.29 is 9.90 Å². The van der Waals surface area contributed by atoms with E-state index in [9.17, 15) is 4.79 Å². The van der Waals surface area contributed by atoms with Crippen molar-refractivity contribution in [3.05, 3.63) is 17.0 Å². The number of hydrogen-bond donors (Lipinski definition) is 2. The summed E-state index contributed by atoms with van der Waals surface area (Å²) in [5.41, 5.74) is 2.64. The second kappa shape index (κ2) is 2.19. The number of aromatic amines is 1. The Labute approximate surface area is 81.3 Å². The van der Waals surface area contributed by atoms with E-state index in [1.807, 2.05) is 0 Å². The number of H-pyrrole nitrogens is 1. The zero-order chi connectivity index (χ0) is 9.92. The van der Waals surface area contributed by atoms with Gasteiger partial charge in [-0.05, 0) is 30.6 Å². The van der Waals surface area contributed by atoms with Crippen LogP contribution in [0.5, 0.6) is 0 Å². The molecule has 2 aliphatic carbocycles. The fraction of sp³-hybridized carbons (Fsp3) is 0.600. The first-order valence-corrected chi connectivity index (χ1v) is 4.89. The highest BCUT2D eigenvalue weighted by Crippen LogP contribution is 2.59. The van der Waals surface area contributed by atoms with Crippen LogP contribution in [0.4, 0.5) is 0 Å². The molecule has 2 N–H and O–H groups in total. The Hall–Kier alpha value is -1.32. The average Bonchev–Trinajstić information content (AvgIpc) is 2.57. The molecule has 0 radical (unpaired) electrons. The van der Waals surface area contributed by atoms with E-state index < -0.39 is 5.97 Å². The minimum atomic E-state index is -0.910. The number of carbonyl (C=O) groups is 1. The SMILES string of the molecule is C[C@]12Cc3[nH]nc(C(=O)O)c3C[C@H]1C2. The highest BCUT2D eigenvalue weighted by atomic mass is 16.4. The quantitative estimate of drug-likeness (QED) is 0.703. The Balaban J connectivity index is 2.05. The van der Waals surface area contributed by atoms with Crippen molar-refractivity contribution in [3.8, 4) is 0 Å². The molecule has 2 atom stereocenters. The molecule has 0 aromatic carbocycles. The Morgan fingerprint density at radius 2 is 2.50 bits per heavy atom. The monoisotopic (exact) mass is 192 g/mol. The van der Waals surface area contributed by atoms with Crippen molar-refractivity contribution in [1.82, 2.24) is 10.2 Å². The van der Waals surface area contributed by atoms with Gasteiger partial charge in [-0.25, -0.2) is 4.79 Å². The Morgan fingerprint density at radius 1 is 1.71 bits per heavy atom. The molecule has 3 rings (SSSR count). The summed E-state index contributed by atoms with van der Waals surface area (Å²) in [6.45, 7) is 2.27. The van der Waals surface area contributed by atoms with E-state index in [1.54, 1.807) is 0 Å². The number of aromatic carboxylic acids is 1. The third-order valence-corrected chi connectivity index (χ3v) is 3.72. The summed E-state index contributed by atoms with van der Waals surface area (Å²) in [6.07, 6.45) is 3.09. The maximum absolute atomic E-state index is 10.9. The second-order valence-electron chi connectivity index (χ2n) is 4.77. The van der Waals surface area contributed by atoms with E-state index in [0.717, 1.165) is 24.1 Å². The number of nitrogens with one attached hydrogen (secondary N) is 1. The molecule has 14 heavy (non-hydrogen) atoms. The summed E-state index contributed by atoms with van der Waals surface area (Å²) in [5, 5.41) is 15.6. The molecule has 0 amide bonds. The van der Waals surface area contributed by atoms with Crippen LogP contribution in [0, 0.1) is 11.3 Å². The minimum absolute atomic E-state index is 0.231. The van der Waals surface area contributed by atoms with Gasteiger partial charge < -0.3 is 5.11 Å². The van der Waals surface area contributed by atoms with E-state index in [0.29, 0.717) is 11.3 Å². The summed E-state index contributed by atoms with van der Waals surface area (Å²) in [6, 6.07) is 0. The molecule has 0 unspecified atom stereocenters. The Morgan fingerprint density at radius 3 is 3.21 bits per heavy atom. The van der Waals surface area contributed by atoms with Gasteiger partial charge in [-0.15, -0.1) is 0 Å². The molecule has 1 aromatic heterocycles. The molecule has 0 bridgehead atoms. The molecule has 1 aromatic rings. The highest BCUT2D eigenvalue weighted by Gasteiger charge is 2.53. The van der Waals surface area contributed by atoms with Crippen molar-refractivity contribution in [3.63, 3.8) is 0 Å². The summed E-state index contributed by atoms with van der Waals surface area (Å²) < 4.78 is 0. The largest absolute Gasteiger partial charge is 0.476 e. The number of fused-ring (bicyclic) bond motifs is 2. The predicted molar refractivity (Wildman–Crippen MR) is 49.2 cm³/mol. The van der Waals surface area contributed by atoms with Gasteiger partial charge in [-0.1, -0.05) is 6.92 Å². The summed E-state index contributed by atoms with van der Waals surface area (Å²) in [4.78, 5) is 10.9. The zero-order valence-electron chi connectivity index (χ0n) is 8.00. The second-order valence-corrected chi connectivity index (χ2v) is 4.77. The van der Waals surface area contributed by atoms with Crippen molar-refractivity contribution in [2.24, 2.45) is 11.3 Å². The van der Waals surface area contributed by atoms with Crippen LogP contribution in [-0.2, 0) is 12.8 Å². The van der Waals surface area contributed by atoms with Crippen LogP contribution >= 0.6 is 0 Å². The summed E-state index contributed by atoms with van der Waals surface area (Å²) in [7, 11) is 0. The van der Waals surface area contributed by atoms with Crippen molar-refractivity contribution in [2.45, 2.75) is 26.2 Å². The summed E-state index contributed by atoms with van der Waals surface area (Å²) in [5.74, 6) is -0.225. The predicted octanol–water partition coefficient (Wildman–Crippen LogP) is 1.23. The molecule has 4 nitrogen and oxygen atoms in total. The van der Waals surface area contributed by atoms with E-state index in [-0.39, 0.29) is 5.69 Å². The molecular weight excluding hydrogens is 180 g/mol. The molecule has 74 valence electrons. The Kier molecular flexibility index (Phi) is 1.25. The highest BCUT2D eigenvalue weighted by molar-refractivity contribution is 5.87. The van der Waals surface area contributed by atoms with Gasteiger partial charge in [0, 0.05) is 11.3 Å². The van der Waals surface area contributed by atoms with Gasteiger partial charge in [0.2, 0.25) is 0 Å². The number of nitrogens with zero attached hydrogens (tertiary/aromatic N) is 1. The zero-order valence-corrected chi connectivity index (χ0v) is 8.00. The number of rotatable bonds is 1. The first-order valence-electron chi connectivity index (χ1n) is 4.89. The molecular formula is C10H12N2O2. The van der Waals surface area contributed by atoms with Gasteiger partial charge in [0.1, 0.15) is 0 Å². The van der Waals surface area contributed by atoms with Crippen LogP contribution < -0.4 is 0 Å². The lowest BCUT2D eigenvalue weighted by molar-refractivity contribution is 0.0689. The van der Waals surface area contributed by atoms with Crippen LogP contribution in [-0.4, -0.2) is 21.3 Å². The topological polar surface area (TPSA) is 66.0 Å². The first-order chi connectivity index (χ1) is 6.60. The first kappa shape index (κ1) is 8.03. The van der Waals surface area contributed by atoms with Crippen LogP contribution in [0.3, 0.4) is 0 Å². The Bertz CT molecular complexity index is 424. The molecule has 4 heteroatoms. The van der Waals surface area contributed by atoms with Gasteiger partial charge in [-0.3, -0.25) is 5.10 Å². The molecule has 1 fully saturated rings. The number of carboxylic acid groups (broad SMARTS) is 1. The maximum Gasteiger partial charge on any atom is 0.356 e. The normalized spacial score (nSPS) is 33.4. The molecule has 0 aliphatic heterocycles. The molecule has 0 saturated heterocycles. The van der Waals surface area contributed by atoms with Crippen LogP contribution in [0.1, 0.15) is 35.1 Å². The number of aromatic nitrogens is 2. The van der Waals surface area contributed by atoms with Crippen LogP contribution in [0.15, 0.2) is 0 Å². The lowest BCUT2D eigenvalue weighted by Crippen LogP contribution is -2.14. The van der Waals surface area contributed by atoms with Gasteiger partial charge in [0.05, 0.1) is 0 Å². The van der Waals surface area contributed by atoms with Crippen molar-refractivity contribution >= 4 is 5.97 Å². The van der Waals surface area contributed by atoms with E-state index in [1.165, 1.54) is 6.42 Å². The molecule has 1 saturated carbocycles. The fourth-order valence-electron chi connectivity index (χ4n) is 2.63. The van der Waals surface area contributed by atoms with E-state index in [4.69, 9.17) is 5.11 Å². The van der Waals surface area contributed by atoms with Gasteiger partial charge in [-0.2, -0.15) is 5.10 Å². The van der Waals surface area contributed by atoms with Crippen LogP contribution in [0.25, 0.3) is 0 Å². The van der Waals surface area contributed by atoms with Gasteiger partial charge >= 0.3 is 5.97 Å². The standard InChI is InChI=1S/C10H12N2O2/c1-10-3-5(10)2-6-7(4-10)11-12-8(6)9(13)14/h5H,2-4H2,1H3,(H,11,12)(H,13,14)/t5-,10-/m0/s1. The third-order valence-electron chi connectivity index (χ3n) is 3.72. The average molecular weight is 192 g/mol. The number of carboxylic acids is 1. The third kappa shape index (κ3) is 0.882. The van der Waals surface area contributed by atoms with Gasteiger partial charge in [0.15, 0.2) is 5.69 Å². The van der Waals surface area contributed by atoms with E-state index >= 15 is 0 Å². The minimum Gasteiger partial charge on any atom is -0.476 e.